The van der Waals surface area contributed by atoms with Gasteiger partial charge in [0.25, 0.3) is 0 Å². The van der Waals surface area contributed by atoms with Crippen molar-refractivity contribution in [1.29, 1.82) is 0 Å². The summed E-state index contributed by atoms with van der Waals surface area (Å²) >= 11 is 1.85. The minimum Gasteiger partial charge on any atom is -0.327 e. The Bertz CT molecular complexity index is 358. The molecule has 2 N–H and O–H groups in total. The first kappa shape index (κ1) is 15.8. The van der Waals surface area contributed by atoms with Crippen LogP contribution in [0.2, 0.25) is 0 Å². The molecule has 0 amide bonds. The molecule has 1 aliphatic carbocycles. The summed E-state index contributed by atoms with van der Waals surface area (Å²) in [6, 6.07) is 2.29. The third-order valence-corrected chi connectivity index (χ3v) is 5.45. The van der Waals surface area contributed by atoms with Gasteiger partial charge in [0.2, 0.25) is 0 Å². The van der Waals surface area contributed by atoms with E-state index in [1.165, 1.54) is 57.8 Å². The first-order valence-electron chi connectivity index (χ1n) is 8.04. The maximum atomic E-state index is 6.44. The van der Waals surface area contributed by atoms with E-state index in [1.807, 2.05) is 24.0 Å². The van der Waals surface area contributed by atoms with E-state index in [4.69, 9.17) is 5.73 Å². The molecule has 1 heterocycles. The van der Waals surface area contributed by atoms with Gasteiger partial charge in [-0.05, 0) is 18.9 Å². The van der Waals surface area contributed by atoms with Gasteiger partial charge in [0, 0.05) is 17.5 Å². The van der Waals surface area contributed by atoms with Gasteiger partial charge in [-0.1, -0.05) is 51.4 Å². The second-order valence-corrected chi connectivity index (χ2v) is 7.03. The van der Waals surface area contributed by atoms with Crippen LogP contribution in [0.1, 0.15) is 64.2 Å². The fourth-order valence-electron chi connectivity index (χ4n) is 2.84. The normalized spacial score (nSPS) is 26.4. The smallest absolute Gasteiger partial charge is 0.116 e. The number of nitrogens with zero attached hydrogens (tertiary/aromatic N) is 2. The second kappa shape index (κ2) is 9.35. The van der Waals surface area contributed by atoms with Gasteiger partial charge in [0.05, 0.1) is 5.03 Å². The SMILES string of the molecule is NC1CCCCCCCCCCC1Sc1ccncn1. The number of aromatic nitrogens is 2. The van der Waals surface area contributed by atoms with E-state index in [2.05, 4.69) is 9.97 Å². The molecule has 0 saturated heterocycles. The number of hydrogen-bond acceptors (Lipinski definition) is 4. The Kier molecular flexibility index (Phi) is 7.37. The average Bonchev–Trinajstić information content (AvgIpc) is 2.47. The molecule has 1 aromatic rings. The van der Waals surface area contributed by atoms with E-state index in [0.29, 0.717) is 11.3 Å². The van der Waals surface area contributed by atoms with Crippen LogP contribution >= 0.6 is 11.8 Å². The highest BCUT2D eigenvalue weighted by Gasteiger charge is 2.19. The molecule has 2 atom stereocenters. The summed E-state index contributed by atoms with van der Waals surface area (Å²) in [4.78, 5) is 8.32. The zero-order valence-corrected chi connectivity index (χ0v) is 13.2. The van der Waals surface area contributed by atoms with Crippen molar-refractivity contribution in [3.8, 4) is 0 Å². The molecule has 2 unspecified atom stereocenters. The van der Waals surface area contributed by atoms with Crippen molar-refractivity contribution in [2.45, 2.75) is 80.5 Å². The Balaban J connectivity index is 1.90. The molecule has 0 aromatic carbocycles. The van der Waals surface area contributed by atoms with Crippen molar-refractivity contribution < 1.29 is 0 Å². The highest BCUT2D eigenvalue weighted by atomic mass is 32.2. The minimum absolute atomic E-state index is 0.300. The Labute approximate surface area is 127 Å². The molecule has 0 spiro atoms. The van der Waals surface area contributed by atoms with Crippen molar-refractivity contribution in [2.24, 2.45) is 5.73 Å². The Morgan fingerprint density at radius 1 is 0.950 bits per heavy atom. The lowest BCUT2D eigenvalue weighted by Gasteiger charge is -2.23. The highest BCUT2D eigenvalue weighted by Crippen LogP contribution is 2.29. The second-order valence-electron chi connectivity index (χ2n) is 5.77. The predicted octanol–water partition coefficient (Wildman–Crippen LogP) is 4.18. The monoisotopic (exact) mass is 293 g/mol. The lowest BCUT2D eigenvalue weighted by molar-refractivity contribution is 0.473. The van der Waals surface area contributed by atoms with Crippen LogP contribution in [-0.2, 0) is 0 Å². The molecule has 112 valence electrons. The average molecular weight is 293 g/mol. The number of thioether (sulfide) groups is 1. The van der Waals surface area contributed by atoms with E-state index in [1.54, 1.807) is 6.33 Å². The standard InChI is InChI=1S/C16H27N3S/c17-14-9-7-5-3-1-2-4-6-8-10-15(14)20-16-11-12-18-13-19-16/h11-15H,1-10,17H2. The van der Waals surface area contributed by atoms with Crippen LogP contribution in [0.3, 0.4) is 0 Å². The van der Waals surface area contributed by atoms with Crippen LogP contribution in [0.5, 0.6) is 0 Å². The number of hydrogen-bond donors (Lipinski definition) is 1. The van der Waals surface area contributed by atoms with E-state index in [9.17, 15) is 0 Å². The third kappa shape index (κ3) is 5.80. The molecule has 20 heavy (non-hydrogen) atoms. The van der Waals surface area contributed by atoms with Crippen LogP contribution < -0.4 is 5.73 Å². The van der Waals surface area contributed by atoms with Crippen molar-refractivity contribution in [3.63, 3.8) is 0 Å². The zero-order valence-electron chi connectivity index (χ0n) is 12.3. The van der Waals surface area contributed by atoms with Gasteiger partial charge in [0.1, 0.15) is 6.33 Å². The first-order valence-corrected chi connectivity index (χ1v) is 8.92. The van der Waals surface area contributed by atoms with Gasteiger partial charge in [-0.2, -0.15) is 0 Å². The Hall–Kier alpha value is -0.610. The van der Waals surface area contributed by atoms with E-state index >= 15 is 0 Å². The zero-order chi connectivity index (χ0) is 14.0. The molecule has 1 aromatic heterocycles. The summed E-state index contributed by atoms with van der Waals surface area (Å²) in [5.41, 5.74) is 6.44. The molecular weight excluding hydrogens is 266 g/mol. The highest BCUT2D eigenvalue weighted by molar-refractivity contribution is 7.99. The predicted molar refractivity (Wildman–Crippen MR) is 85.8 cm³/mol. The summed E-state index contributed by atoms with van der Waals surface area (Å²) in [5.74, 6) is 0. The molecule has 0 radical (unpaired) electrons. The molecule has 3 nitrogen and oxygen atoms in total. The summed E-state index contributed by atoms with van der Waals surface area (Å²) in [5, 5.41) is 1.57. The van der Waals surface area contributed by atoms with Crippen molar-refractivity contribution in [2.75, 3.05) is 0 Å². The van der Waals surface area contributed by atoms with E-state index in [0.717, 1.165) is 11.4 Å². The van der Waals surface area contributed by atoms with Gasteiger partial charge >= 0.3 is 0 Å². The van der Waals surface area contributed by atoms with Gasteiger partial charge in [-0.3, -0.25) is 0 Å². The van der Waals surface area contributed by atoms with Gasteiger partial charge in [0.15, 0.2) is 0 Å². The molecule has 1 fully saturated rings. The molecule has 0 bridgehead atoms. The van der Waals surface area contributed by atoms with Crippen LogP contribution in [0, 0.1) is 0 Å². The van der Waals surface area contributed by atoms with E-state index < -0.39 is 0 Å². The van der Waals surface area contributed by atoms with E-state index in [-0.39, 0.29) is 0 Å². The number of nitrogens with two attached hydrogens (primary N) is 1. The van der Waals surface area contributed by atoms with Gasteiger partial charge < -0.3 is 5.73 Å². The van der Waals surface area contributed by atoms with Crippen molar-refractivity contribution in [1.82, 2.24) is 9.97 Å². The quantitative estimate of drug-likeness (QED) is 0.831. The van der Waals surface area contributed by atoms with Gasteiger partial charge in [-0.15, -0.1) is 11.8 Å². The minimum atomic E-state index is 0.300. The van der Waals surface area contributed by atoms with Crippen molar-refractivity contribution >= 4 is 11.8 Å². The maximum Gasteiger partial charge on any atom is 0.116 e. The molecule has 1 saturated carbocycles. The topological polar surface area (TPSA) is 51.8 Å². The Morgan fingerprint density at radius 3 is 2.25 bits per heavy atom. The molecule has 4 heteroatoms. The largest absolute Gasteiger partial charge is 0.327 e. The van der Waals surface area contributed by atoms with Crippen LogP contribution in [0.15, 0.2) is 23.6 Å². The van der Waals surface area contributed by atoms with Crippen LogP contribution in [0.25, 0.3) is 0 Å². The van der Waals surface area contributed by atoms with Gasteiger partial charge in [-0.25, -0.2) is 9.97 Å². The molecule has 1 aliphatic rings. The first-order chi connectivity index (χ1) is 9.86. The summed E-state index contributed by atoms with van der Waals surface area (Å²) < 4.78 is 0. The summed E-state index contributed by atoms with van der Waals surface area (Å²) in [6.45, 7) is 0. The summed E-state index contributed by atoms with van der Waals surface area (Å²) in [6.07, 6.45) is 16.7. The van der Waals surface area contributed by atoms with Crippen LogP contribution in [-0.4, -0.2) is 21.3 Å². The fourth-order valence-corrected chi connectivity index (χ4v) is 3.99. The number of rotatable bonds is 2. The fraction of sp³-hybridized carbons (Fsp3) is 0.750. The van der Waals surface area contributed by atoms with Crippen molar-refractivity contribution in [3.05, 3.63) is 18.6 Å². The lowest BCUT2D eigenvalue weighted by atomic mass is 9.98. The summed E-state index contributed by atoms with van der Waals surface area (Å²) in [7, 11) is 0. The maximum absolute atomic E-state index is 6.44. The third-order valence-electron chi connectivity index (χ3n) is 4.08. The Morgan fingerprint density at radius 2 is 1.60 bits per heavy atom. The molecule has 0 aliphatic heterocycles. The van der Waals surface area contributed by atoms with Crippen LogP contribution in [0.4, 0.5) is 0 Å². The molecular formula is C16H27N3S. The lowest BCUT2D eigenvalue weighted by Crippen LogP contribution is -2.32. The molecule has 2 rings (SSSR count).